The molecule has 0 radical (unpaired) electrons. The van der Waals surface area contributed by atoms with Crippen LogP contribution in [0.15, 0.2) is 36.5 Å². The van der Waals surface area contributed by atoms with Gasteiger partial charge in [-0.15, -0.1) is 0 Å². The number of ether oxygens (including phenoxy) is 2. The highest BCUT2D eigenvalue weighted by atomic mass is 31.2. The molecule has 0 aromatic rings. The van der Waals surface area contributed by atoms with Gasteiger partial charge >= 0.3 is 19.8 Å². The Morgan fingerprint density at radius 3 is 0.895 bits per heavy atom. The number of allylic oxidation sites excluding steroid dienone is 6. The molecule has 0 bridgehead atoms. The molecule has 2 unspecified atom stereocenters. The first-order valence-corrected chi connectivity index (χ1v) is 39.5. The Morgan fingerprint density at radius 2 is 0.605 bits per heavy atom. The van der Waals surface area contributed by atoms with Crippen LogP contribution in [0.1, 0.15) is 406 Å². The lowest BCUT2D eigenvalue weighted by molar-refractivity contribution is -0.161. The molecule has 0 amide bonds. The highest BCUT2D eigenvalue weighted by molar-refractivity contribution is 7.47. The molecule has 86 heavy (non-hydrogen) atoms. The Kier molecular flexibility index (Phi) is 70.8. The molecule has 0 aliphatic heterocycles. The largest absolute Gasteiger partial charge is 0.472 e. The molecule has 0 aromatic carbocycles. The van der Waals surface area contributed by atoms with E-state index in [1.165, 1.54) is 327 Å². The van der Waals surface area contributed by atoms with Gasteiger partial charge in [-0.05, 0) is 51.4 Å². The maximum absolute atomic E-state index is 12.8. The average molecular weight is 1230 g/mol. The lowest BCUT2D eigenvalue weighted by Crippen LogP contribution is -2.29. The van der Waals surface area contributed by atoms with Crippen LogP contribution in [0.5, 0.6) is 0 Å². The van der Waals surface area contributed by atoms with E-state index in [9.17, 15) is 19.0 Å². The Morgan fingerprint density at radius 1 is 0.349 bits per heavy atom. The molecular formula is C76H146NO8P. The summed E-state index contributed by atoms with van der Waals surface area (Å²) in [7, 11) is -4.39. The Balaban J connectivity index is 3.77. The van der Waals surface area contributed by atoms with E-state index in [1.807, 2.05) is 0 Å². The van der Waals surface area contributed by atoms with Crippen LogP contribution in [0.4, 0.5) is 0 Å². The van der Waals surface area contributed by atoms with E-state index in [1.54, 1.807) is 0 Å². The molecular weight excluding hydrogens is 1090 g/mol. The molecule has 0 aliphatic carbocycles. The van der Waals surface area contributed by atoms with Gasteiger partial charge in [0.1, 0.15) is 6.61 Å². The van der Waals surface area contributed by atoms with Crippen molar-refractivity contribution in [2.24, 2.45) is 5.73 Å². The number of carbonyl (C=O) groups is 2. The summed E-state index contributed by atoms with van der Waals surface area (Å²) in [5.74, 6) is -0.801. The minimum atomic E-state index is -4.39. The summed E-state index contributed by atoms with van der Waals surface area (Å²) < 4.78 is 33.2. The maximum Gasteiger partial charge on any atom is 0.472 e. The summed E-state index contributed by atoms with van der Waals surface area (Å²) in [6.07, 6.45) is 91.3. The molecule has 10 heteroatoms. The molecule has 0 aromatic heterocycles. The first-order chi connectivity index (χ1) is 42.3. The smallest absolute Gasteiger partial charge is 0.462 e. The monoisotopic (exact) mass is 1230 g/mol. The quantitative estimate of drug-likeness (QED) is 0.0264. The van der Waals surface area contributed by atoms with Gasteiger partial charge in [-0.2, -0.15) is 0 Å². The van der Waals surface area contributed by atoms with Crippen LogP contribution in [0.3, 0.4) is 0 Å². The van der Waals surface area contributed by atoms with Crippen molar-refractivity contribution in [1.29, 1.82) is 0 Å². The lowest BCUT2D eigenvalue weighted by atomic mass is 10.0. The van der Waals surface area contributed by atoms with E-state index in [4.69, 9.17) is 24.3 Å². The van der Waals surface area contributed by atoms with Crippen LogP contribution in [0, 0.1) is 0 Å². The zero-order chi connectivity index (χ0) is 62.3. The van der Waals surface area contributed by atoms with E-state index >= 15 is 0 Å². The molecule has 0 saturated carbocycles. The summed E-state index contributed by atoms with van der Waals surface area (Å²) in [5.41, 5.74) is 5.41. The average Bonchev–Trinajstić information content (AvgIpc) is 3.55. The Bertz CT molecular complexity index is 1500. The number of esters is 2. The van der Waals surface area contributed by atoms with Crippen molar-refractivity contribution in [3.05, 3.63) is 36.5 Å². The van der Waals surface area contributed by atoms with Crippen LogP contribution in [-0.4, -0.2) is 49.3 Å². The van der Waals surface area contributed by atoms with Crippen molar-refractivity contribution in [2.45, 2.75) is 412 Å². The van der Waals surface area contributed by atoms with Crippen LogP contribution in [0.2, 0.25) is 0 Å². The van der Waals surface area contributed by atoms with E-state index in [-0.39, 0.29) is 38.6 Å². The van der Waals surface area contributed by atoms with Gasteiger partial charge in [-0.25, -0.2) is 4.57 Å². The van der Waals surface area contributed by atoms with Gasteiger partial charge in [0.2, 0.25) is 0 Å². The maximum atomic E-state index is 12.8. The highest BCUT2D eigenvalue weighted by Crippen LogP contribution is 2.43. The highest BCUT2D eigenvalue weighted by Gasteiger charge is 2.26. The number of hydrogen-bond donors (Lipinski definition) is 2. The fourth-order valence-electron chi connectivity index (χ4n) is 11.7. The summed E-state index contributed by atoms with van der Waals surface area (Å²) in [5, 5.41) is 0. The second kappa shape index (κ2) is 72.3. The Labute approximate surface area is 535 Å². The SMILES string of the molecule is CCCCCCC/C=C\C/C=C\C/C=C\CCCCCCCCCCCCCCCCCCCCCCCCC(=O)OC(COC(=O)CCCCCCCCCCCCCCCCCCCCCCCCCCCCCC)COP(=O)(O)OCCN. The van der Waals surface area contributed by atoms with Crippen LogP contribution >= 0.6 is 7.82 Å². The fourth-order valence-corrected chi connectivity index (χ4v) is 12.4. The molecule has 9 nitrogen and oxygen atoms in total. The Hall–Kier alpha value is -1.77. The van der Waals surface area contributed by atoms with Crippen molar-refractivity contribution < 1.29 is 37.6 Å². The van der Waals surface area contributed by atoms with E-state index in [2.05, 4.69) is 50.3 Å². The topological polar surface area (TPSA) is 134 Å². The third-order valence-corrected chi connectivity index (χ3v) is 18.3. The van der Waals surface area contributed by atoms with E-state index in [0.717, 1.165) is 44.9 Å². The summed E-state index contributed by atoms with van der Waals surface area (Å²) in [6, 6.07) is 0. The number of rotatable bonds is 73. The van der Waals surface area contributed by atoms with E-state index in [0.29, 0.717) is 6.42 Å². The van der Waals surface area contributed by atoms with Gasteiger partial charge in [0, 0.05) is 19.4 Å². The second-order valence-electron chi connectivity index (χ2n) is 25.9. The molecule has 0 aliphatic rings. The minimum Gasteiger partial charge on any atom is -0.462 e. The molecule has 508 valence electrons. The predicted molar refractivity (Wildman–Crippen MR) is 372 cm³/mol. The number of carbonyl (C=O) groups excluding carboxylic acids is 2. The standard InChI is InChI=1S/C76H146NO8P/c1-3-5-7-9-11-13-15-17-19-21-23-25-27-29-31-33-34-35-36-37-38-39-40-41-43-45-47-49-51-53-55-57-59-61-63-65-67-69-76(79)85-74(73-84-86(80,81)83-71-70-77)72-82-75(78)68-66-64-62-60-58-56-54-52-50-48-46-44-42-32-30-28-26-24-22-20-18-16-14-12-10-8-6-4-2/h15,17,21,23,27,29,74H,3-14,16,18-20,22,24-26,28,30-73,77H2,1-2H3,(H,80,81)/b17-15-,23-21-,29-27-. The number of hydrogen-bond acceptors (Lipinski definition) is 8. The molecule has 0 spiro atoms. The van der Waals surface area contributed by atoms with E-state index < -0.39 is 26.5 Å². The van der Waals surface area contributed by atoms with Crippen LogP contribution < -0.4 is 5.73 Å². The molecule has 0 rings (SSSR count). The molecule has 0 saturated heterocycles. The van der Waals surface area contributed by atoms with Crippen molar-refractivity contribution >= 4 is 19.8 Å². The van der Waals surface area contributed by atoms with Gasteiger partial charge < -0.3 is 20.1 Å². The molecule has 0 heterocycles. The number of phosphoric ester groups is 1. The summed E-state index contributed by atoms with van der Waals surface area (Å²) >= 11 is 0. The van der Waals surface area contributed by atoms with Crippen molar-refractivity contribution in [3.63, 3.8) is 0 Å². The first-order valence-electron chi connectivity index (χ1n) is 38.0. The van der Waals surface area contributed by atoms with Crippen LogP contribution in [0.25, 0.3) is 0 Å². The third kappa shape index (κ3) is 71.3. The first kappa shape index (κ1) is 84.2. The summed E-state index contributed by atoms with van der Waals surface area (Å²) in [4.78, 5) is 35.4. The van der Waals surface area contributed by atoms with Crippen molar-refractivity contribution in [1.82, 2.24) is 0 Å². The second-order valence-corrected chi connectivity index (χ2v) is 27.3. The fraction of sp³-hybridized carbons (Fsp3) is 0.895. The van der Waals surface area contributed by atoms with Gasteiger partial charge in [-0.3, -0.25) is 18.6 Å². The summed E-state index contributed by atoms with van der Waals surface area (Å²) in [6.45, 7) is 3.82. The van der Waals surface area contributed by atoms with Gasteiger partial charge in [-0.1, -0.05) is 378 Å². The lowest BCUT2D eigenvalue weighted by Gasteiger charge is -2.19. The van der Waals surface area contributed by atoms with Gasteiger partial charge in [0.05, 0.1) is 13.2 Å². The molecule has 2 atom stereocenters. The normalized spacial score (nSPS) is 13.0. The van der Waals surface area contributed by atoms with Crippen molar-refractivity contribution in [2.75, 3.05) is 26.4 Å². The van der Waals surface area contributed by atoms with Gasteiger partial charge in [0.25, 0.3) is 0 Å². The van der Waals surface area contributed by atoms with Gasteiger partial charge in [0.15, 0.2) is 6.10 Å². The molecule has 0 fully saturated rings. The molecule has 3 N–H and O–H groups in total. The van der Waals surface area contributed by atoms with Crippen LogP contribution in [-0.2, 0) is 32.7 Å². The zero-order valence-corrected chi connectivity index (χ0v) is 58.2. The number of unbranched alkanes of at least 4 members (excludes halogenated alkanes) is 54. The number of nitrogens with two attached hydrogens (primary N) is 1. The zero-order valence-electron chi connectivity index (χ0n) is 57.3. The van der Waals surface area contributed by atoms with Crippen molar-refractivity contribution in [3.8, 4) is 0 Å². The predicted octanol–water partition coefficient (Wildman–Crippen LogP) is 25.0. The minimum absolute atomic E-state index is 0.0568. The number of phosphoric acid groups is 1. The third-order valence-electron chi connectivity index (χ3n) is 17.3.